The molecule has 1 aliphatic heterocycles. The first-order chi connectivity index (χ1) is 12.4. The van der Waals surface area contributed by atoms with Gasteiger partial charge < -0.3 is 19.7 Å². The van der Waals surface area contributed by atoms with Crippen LogP contribution >= 0.6 is 0 Å². The summed E-state index contributed by atoms with van der Waals surface area (Å²) in [6.45, 7) is 9.14. The topological polar surface area (TPSA) is 67.9 Å². The van der Waals surface area contributed by atoms with Crippen LogP contribution < -0.4 is 5.32 Å². The van der Waals surface area contributed by atoms with Gasteiger partial charge in [-0.25, -0.2) is 4.79 Å². The predicted octanol–water partition coefficient (Wildman–Crippen LogP) is 2.96. The molecule has 144 valence electrons. The van der Waals surface area contributed by atoms with Crippen molar-refractivity contribution in [1.29, 1.82) is 0 Å². The minimum atomic E-state index is -0.597. The molecule has 1 N–H and O–H groups in total. The van der Waals surface area contributed by atoms with Gasteiger partial charge in [0, 0.05) is 13.1 Å². The Morgan fingerprint density at radius 1 is 1.23 bits per heavy atom. The molecule has 2 amide bonds. The number of ether oxygens (including phenoxy) is 2. The van der Waals surface area contributed by atoms with Crippen molar-refractivity contribution in [2.75, 3.05) is 13.1 Å². The second-order valence-electron chi connectivity index (χ2n) is 7.07. The van der Waals surface area contributed by atoms with Gasteiger partial charge >= 0.3 is 6.09 Å². The molecule has 6 nitrogen and oxygen atoms in total. The van der Waals surface area contributed by atoms with Crippen LogP contribution in [0.5, 0.6) is 0 Å². The van der Waals surface area contributed by atoms with Crippen LogP contribution in [-0.4, -0.2) is 48.2 Å². The normalized spacial score (nSPS) is 22.4. The largest absolute Gasteiger partial charge is 0.445 e. The highest BCUT2D eigenvalue weighted by molar-refractivity contribution is 5.86. The fourth-order valence-electron chi connectivity index (χ4n) is 3.13. The van der Waals surface area contributed by atoms with Crippen LogP contribution in [0.25, 0.3) is 0 Å². The van der Waals surface area contributed by atoms with Gasteiger partial charge in [0.2, 0.25) is 5.91 Å². The summed E-state index contributed by atoms with van der Waals surface area (Å²) in [6, 6.07) is 8.88. The summed E-state index contributed by atoms with van der Waals surface area (Å²) in [5.41, 5.74) is 0.907. The monoisotopic (exact) mass is 362 g/mol. The molecule has 4 unspecified atom stereocenters. The van der Waals surface area contributed by atoms with Gasteiger partial charge in [-0.05, 0) is 25.3 Å². The Labute approximate surface area is 155 Å². The highest BCUT2D eigenvalue weighted by Gasteiger charge is 2.34. The van der Waals surface area contributed by atoms with E-state index in [2.05, 4.69) is 5.32 Å². The van der Waals surface area contributed by atoms with E-state index in [4.69, 9.17) is 9.47 Å². The summed E-state index contributed by atoms with van der Waals surface area (Å²) >= 11 is 0. The number of rotatable bonds is 6. The summed E-state index contributed by atoms with van der Waals surface area (Å²) in [5.74, 6) is -0.0572. The number of nitrogens with one attached hydrogen (secondary N) is 1. The molecular formula is C20H30N2O4. The molecule has 26 heavy (non-hydrogen) atoms. The zero-order valence-corrected chi connectivity index (χ0v) is 16.1. The van der Waals surface area contributed by atoms with Crippen molar-refractivity contribution in [1.82, 2.24) is 10.2 Å². The molecule has 0 spiro atoms. The summed E-state index contributed by atoms with van der Waals surface area (Å²) in [6.07, 6.45) is 0.197. The van der Waals surface area contributed by atoms with E-state index in [1.807, 2.05) is 58.0 Å². The number of carbonyl (C=O) groups excluding carboxylic acids is 2. The minimum absolute atomic E-state index is 0.00897. The van der Waals surface area contributed by atoms with Crippen molar-refractivity contribution in [3.8, 4) is 0 Å². The lowest BCUT2D eigenvalue weighted by atomic mass is 9.97. The van der Waals surface area contributed by atoms with Crippen LogP contribution in [0, 0.1) is 5.92 Å². The molecule has 0 aromatic heterocycles. The fraction of sp³-hybridized carbons (Fsp3) is 0.600. The molecule has 2 rings (SSSR count). The third kappa shape index (κ3) is 5.73. The van der Waals surface area contributed by atoms with E-state index in [0.717, 1.165) is 12.0 Å². The van der Waals surface area contributed by atoms with E-state index < -0.39 is 12.1 Å². The lowest BCUT2D eigenvalue weighted by Crippen LogP contribution is -2.56. The van der Waals surface area contributed by atoms with E-state index in [-0.39, 0.29) is 30.6 Å². The molecule has 0 aliphatic carbocycles. The maximum Gasteiger partial charge on any atom is 0.408 e. The number of hydrogen-bond donors (Lipinski definition) is 1. The van der Waals surface area contributed by atoms with Crippen molar-refractivity contribution in [2.45, 2.75) is 59.0 Å². The number of amides is 2. The molecule has 1 heterocycles. The van der Waals surface area contributed by atoms with Gasteiger partial charge in [0.05, 0.1) is 12.2 Å². The highest BCUT2D eigenvalue weighted by atomic mass is 16.5. The lowest BCUT2D eigenvalue weighted by molar-refractivity contribution is -0.146. The highest BCUT2D eigenvalue weighted by Crippen LogP contribution is 2.16. The standard InChI is InChI=1S/C20H30N2O4/c1-5-14(2)18(19(23)22-11-15(3)26-16(4)12-22)21-20(24)25-13-17-9-7-6-8-10-17/h6-10,14-16,18H,5,11-13H2,1-4H3,(H,21,24). The third-order valence-electron chi connectivity index (χ3n) is 4.70. The summed E-state index contributed by atoms with van der Waals surface area (Å²) in [5, 5.41) is 2.77. The Balaban J connectivity index is 1.97. The predicted molar refractivity (Wildman–Crippen MR) is 99.6 cm³/mol. The second-order valence-corrected chi connectivity index (χ2v) is 7.07. The average molecular weight is 362 g/mol. The Morgan fingerprint density at radius 3 is 2.42 bits per heavy atom. The molecule has 1 fully saturated rings. The van der Waals surface area contributed by atoms with Crippen molar-refractivity contribution < 1.29 is 19.1 Å². The van der Waals surface area contributed by atoms with Crippen LogP contribution in [-0.2, 0) is 20.9 Å². The van der Waals surface area contributed by atoms with Gasteiger partial charge in [0.1, 0.15) is 12.6 Å². The van der Waals surface area contributed by atoms with Gasteiger partial charge in [-0.1, -0.05) is 50.6 Å². The van der Waals surface area contributed by atoms with Crippen molar-refractivity contribution in [3.05, 3.63) is 35.9 Å². The fourth-order valence-corrected chi connectivity index (χ4v) is 3.13. The Hall–Kier alpha value is -2.08. The molecular weight excluding hydrogens is 332 g/mol. The molecule has 1 aliphatic rings. The molecule has 0 radical (unpaired) electrons. The lowest BCUT2D eigenvalue weighted by Gasteiger charge is -2.38. The van der Waals surface area contributed by atoms with Crippen LogP contribution in [0.4, 0.5) is 4.79 Å². The first kappa shape index (κ1) is 20.2. The molecule has 0 bridgehead atoms. The average Bonchev–Trinajstić information content (AvgIpc) is 2.63. The summed E-state index contributed by atoms with van der Waals surface area (Å²) in [7, 11) is 0. The molecule has 1 aromatic carbocycles. The van der Waals surface area contributed by atoms with Crippen molar-refractivity contribution >= 4 is 12.0 Å². The van der Waals surface area contributed by atoms with Crippen molar-refractivity contribution in [2.24, 2.45) is 5.92 Å². The minimum Gasteiger partial charge on any atom is -0.445 e. The van der Waals surface area contributed by atoms with Crippen molar-refractivity contribution in [3.63, 3.8) is 0 Å². The number of benzene rings is 1. The van der Waals surface area contributed by atoms with E-state index in [1.165, 1.54) is 0 Å². The van der Waals surface area contributed by atoms with Crippen LogP contribution in [0.15, 0.2) is 30.3 Å². The first-order valence-electron chi connectivity index (χ1n) is 9.32. The maximum atomic E-state index is 13.0. The smallest absolute Gasteiger partial charge is 0.408 e. The molecule has 4 atom stereocenters. The number of hydrogen-bond acceptors (Lipinski definition) is 4. The number of alkyl carbamates (subject to hydrolysis) is 1. The third-order valence-corrected chi connectivity index (χ3v) is 4.70. The molecule has 6 heteroatoms. The quantitative estimate of drug-likeness (QED) is 0.845. The molecule has 1 saturated heterocycles. The number of carbonyl (C=O) groups is 2. The zero-order valence-electron chi connectivity index (χ0n) is 16.1. The Morgan fingerprint density at radius 2 is 1.85 bits per heavy atom. The van der Waals surface area contributed by atoms with Gasteiger partial charge in [0.15, 0.2) is 0 Å². The molecule has 0 saturated carbocycles. The zero-order chi connectivity index (χ0) is 19.1. The first-order valence-corrected chi connectivity index (χ1v) is 9.32. The van der Waals surface area contributed by atoms with Gasteiger partial charge in [-0.2, -0.15) is 0 Å². The van der Waals surface area contributed by atoms with Gasteiger partial charge in [0.25, 0.3) is 0 Å². The number of morpholine rings is 1. The Kier molecular flexibility index (Phi) is 7.45. The second kappa shape index (κ2) is 9.57. The van der Waals surface area contributed by atoms with Crippen LogP contribution in [0.1, 0.15) is 39.7 Å². The van der Waals surface area contributed by atoms with Crippen LogP contribution in [0.2, 0.25) is 0 Å². The van der Waals surface area contributed by atoms with Crippen LogP contribution in [0.3, 0.4) is 0 Å². The summed E-state index contributed by atoms with van der Waals surface area (Å²) in [4.78, 5) is 27.0. The van der Waals surface area contributed by atoms with E-state index >= 15 is 0 Å². The van der Waals surface area contributed by atoms with Gasteiger partial charge in [-0.15, -0.1) is 0 Å². The van der Waals surface area contributed by atoms with E-state index in [1.54, 1.807) is 4.90 Å². The Bertz CT molecular complexity index is 583. The van der Waals surface area contributed by atoms with Gasteiger partial charge in [-0.3, -0.25) is 4.79 Å². The molecule has 1 aromatic rings. The maximum absolute atomic E-state index is 13.0. The summed E-state index contributed by atoms with van der Waals surface area (Å²) < 4.78 is 11.0. The van der Waals surface area contributed by atoms with E-state index in [0.29, 0.717) is 13.1 Å². The van der Waals surface area contributed by atoms with E-state index in [9.17, 15) is 9.59 Å². The number of nitrogens with zero attached hydrogens (tertiary/aromatic N) is 1. The SMILES string of the molecule is CCC(C)C(NC(=O)OCc1ccccc1)C(=O)N1CC(C)OC(C)C1.